The molecule has 4 nitrogen and oxygen atoms in total. The van der Waals surface area contributed by atoms with Gasteiger partial charge >= 0.3 is 0 Å². The Hall–Kier alpha value is -2.85. The highest BCUT2D eigenvalue weighted by atomic mass is 35.5. The second-order valence-corrected chi connectivity index (χ2v) is 7.79. The zero-order chi connectivity index (χ0) is 20.8. The molecule has 1 aromatic heterocycles. The van der Waals surface area contributed by atoms with Crippen molar-refractivity contribution in [2.45, 2.75) is 26.9 Å². The summed E-state index contributed by atoms with van der Waals surface area (Å²) < 4.78 is 2.11. The highest BCUT2D eigenvalue weighted by Gasteiger charge is 2.18. The first-order valence-electron chi connectivity index (χ1n) is 9.76. The van der Waals surface area contributed by atoms with Gasteiger partial charge in [0.05, 0.1) is 17.6 Å². The van der Waals surface area contributed by atoms with E-state index >= 15 is 0 Å². The maximum Gasteiger partial charge on any atom is 0.246 e. The van der Waals surface area contributed by atoms with E-state index in [2.05, 4.69) is 25.0 Å². The molecule has 0 saturated carbocycles. The molecule has 0 radical (unpaired) electrons. The Morgan fingerprint density at radius 1 is 1.21 bits per heavy atom. The fourth-order valence-electron chi connectivity index (χ4n) is 3.30. The van der Waals surface area contributed by atoms with Crippen molar-refractivity contribution in [3.63, 3.8) is 0 Å². The van der Waals surface area contributed by atoms with Gasteiger partial charge in [-0.15, -0.1) is 6.58 Å². The zero-order valence-corrected chi connectivity index (χ0v) is 17.6. The van der Waals surface area contributed by atoms with Gasteiger partial charge in [-0.1, -0.05) is 61.9 Å². The van der Waals surface area contributed by atoms with Crippen LogP contribution in [0.25, 0.3) is 17.1 Å². The maximum atomic E-state index is 13.0. The quantitative estimate of drug-likeness (QED) is 0.361. The molecule has 3 aromatic rings. The van der Waals surface area contributed by atoms with Gasteiger partial charge in [-0.05, 0) is 35.8 Å². The molecule has 0 aliphatic heterocycles. The van der Waals surface area contributed by atoms with Gasteiger partial charge in [0.1, 0.15) is 5.82 Å². The molecule has 29 heavy (non-hydrogen) atoms. The molecule has 0 atom stereocenters. The van der Waals surface area contributed by atoms with E-state index < -0.39 is 0 Å². The number of hydrogen-bond acceptors (Lipinski definition) is 2. The number of halogens is 1. The summed E-state index contributed by atoms with van der Waals surface area (Å²) in [4.78, 5) is 19.6. The Morgan fingerprint density at radius 3 is 2.66 bits per heavy atom. The molecule has 0 N–H and O–H groups in total. The van der Waals surface area contributed by atoms with Gasteiger partial charge in [0.2, 0.25) is 5.91 Å². The van der Waals surface area contributed by atoms with Gasteiger partial charge < -0.3 is 9.47 Å². The molecule has 150 valence electrons. The Morgan fingerprint density at radius 2 is 1.93 bits per heavy atom. The second kappa shape index (κ2) is 9.57. The number of para-hydroxylation sites is 2. The molecular formula is C24H26ClN3O. The zero-order valence-electron chi connectivity index (χ0n) is 16.9. The minimum atomic E-state index is -0.0594. The van der Waals surface area contributed by atoms with Crippen LogP contribution >= 0.6 is 11.6 Å². The van der Waals surface area contributed by atoms with Crippen molar-refractivity contribution >= 4 is 34.6 Å². The van der Waals surface area contributed by atoms with Crippen LogP contribution in [-0.2, 0) is 17.9 Å². The molecule has 0 bridgehead atoms. The number of carbonyl (C=O) groups is 1. The fraction of sp³-hybridized carbons (Fsp3) is 0.250. The minimum absolute atomic E-state index is 0.0594. The minimum Gasteiger partial charge on any atom is -0.331 e. The van der Waals surface area contributed by atoms with Crippen LogP contribution < -0.4 is 0 Å². The molecule has 1 heterocycles. The number of benzene rings is 2. The van der Waals surface area contributed by atoms with E-state index in [9.17, 15) is 4.79 Å². The molecule has 1 amide bonds. The molecule has 0 saturated heterocycles. The number of nitrogens with zero attached hydrogens (tertiary/aromatic N) is 3. The van der Waals surface area contributed by atoms with E-state index in [1.165, 1.54) is 0 Å². The monoisotopic (exact) mass is 407 g/mol. The summed E-state index contributed by atoms with van der Waals surface area (Å²) in [6.45, 7) is 9.80. The smallest absolute Gasteiger partial charge is 0.246 e. The van der Waals surface area contributed by atoms with Gasteiger partial charge in [-0.2, -0.15) is 0 Å². The number of amides is 1. The standard InChI is InChI=1S/C24H26ClN3O/c1-4-15-28-22-12-8-7-11-21(22)26-23(28)17-27(16-18(2)3)24(29)14-13-19-9-5-6-10-20(19)25/h4-14,18H,1,15-17H2,2-3H3/b14-13+. The van der Waals surface area contributed by atoms with Gasteiger partial charge in [-0.3, -0.25) is 4.79 Å². The lowest BCUT2D eigenvalue weighted by molar-refractivity contribution is -0.127. The highest BCUT2D eigenvalue weighted by molar-refractivity contribution is 6.32. The lowest BCUT2D eigenvalue weighted by Crippen LogP contribution is -2.33. The second-order valence-electron chi connectivity index (χ2n) is 7.38. The summed E-state index contributed by atoms with van der Waals surface area (Å²) in [6.07, 6.45) is 5.21. The summed E-state index contributed by atoms with van der Waals surface area (Å²) in [5.41, 5.74) is 2.80. The van der Waals surface area contributed by atoms with Gasteiger partial charge in [0.15, 0.2) is 0 Å². The van der Waals surface area contributed by atoms with Crippen LogP contribution in [0.1, 0.15) is 25.2 Å². The molecule has 2 aromatic carbocycles. The Balaban J connectivity index is 1.88. The third-order valence-corrected chi connectivity index (χ3v) is 4.93. The highest BCUT2D eigenvalue weighted by Crippen LogP contribution is 2.19. The number of aromatic nitrogens is 2. The van der Waals surface area contributed by atoms with Crippen LogP contribution in [0, 0.1) is 5.92 Å². The first kappa shape index (κ1) is 20.9. The normalized spacial score (nSPS) is 11.4. The van der Waals surface area contributed by atoms with Crippen molar-refractivity contribution in [3.8, 4) is 0 Å². The third-order valence-electron chi connectivity index (χ3n) is 4.59. The summed E-state index contributed by atoms with van der Waals surface area (Å²) in [7, 11) is 0. The Labute approximate surface area is 177 Å². The molecule has 0 aliphatic rings. The van der Waals surface area contributed by atoms with Crippen molar-refractivity contribution in [1.82, 2.24) is 14.5 Å². The number of rotatable bonds is 8. The van der Waals surface area contributed by atoms with Crippen LogP contribution in [0.4, 0.5) is 0 Å². The molecule has 5 heteroatoms. The Kier molecular flexibility index (Phi) is 6.89. The number of hydrogen-bond donors (Lipinski definition) is 0. The van der Waals surface area contributed by atoms with Crippen molar-refractivity contribution in [3.05, 3.63) is 83.7 Å². The maximum absolute atomic E-state index is 13.0. The number of imidazole rings is 1. The van der Waals surface area contributed by atoms with Crippen LogP contribution in [0.15, 0.2) is 67.3 Å². The van der Waals surface area contributed by atoms with Crippen molar-refractivity contribution < 1.29 is 4.79 Å². The van der Waals surface area contributed by atoms with Crippen molar-refractivity contribution in [2.75, 3.05) is 6.54 Å². The van der Waals surface area contributed by atoms with E-state index in [0.29, 0.717) is 30.6 Å². The number of fused-ring (bicyclic) bond motifs is 1. The summed E-state index contributed by atoms with van der Waals surface area (Å²) in [6, 6.07) is 15.5. The average molecular weight is 408 g/mol. The third kappa shape index (κ3) is 5.15. The molecule has 0 aliphatic carbocycles. The van der Waals surface area contributed by atoms with E-state index in [-0.39, 0.29) is 5.91 Å². The first-order chi connectivity index (χ1) is 14.0. The summed E-state index contributed by atoms with van der Waals surface area (Å²) in [5, 5.41) is 0.625. The SMILES string of the molecule is C=CCn1c(CN(CC(C)C)C(=O)/C=C/c2ccccc2Cl)nc2ccccc21. The number of carbonyl (C=O) groups excluding carboxylic acids is 1. The van der Waals surface area contributed by atoms with Gasteiger partial charge in [-0.25, -0.2) is 4.98 Å². The van der Waals surface area contributed by atoms with Crippen molar-refractivity contribution in [2.24, 2.45) is 5.92 Å². The predicted molar refractivity (Wildman–Crippen MR) is 121 cm³/mol. The van der Waals surface area contributed by atoms with E-state index in [0.717, 1.165) is 22.4 Å². The Bertz CT molecular complexity index is 1040. The molecule has 0 unspecified atom stereocenters. The van der Waals surface area contributed by atoms with Crippen LogP contribution in [0.3, 0.4) is 0 Å². The molecule has 0 spiro atoms. The van der Waals surface area contributed by atoms with Gasteiger partial charge in [0, 0.05) is 24.2 Å². The average Bonchev–Trinajstić information content (AvgIpc) is 3.04. The largest absolute Gasteiger partial charge is 0.331 e. The van der Waals surface area contributed by atoms with E-state index in [1.807, 2.05) is 59.5 Å². The first-order valence-corrected chi connectivity index (χ1v) is 10.1. The van der Waals surface area contributed by atoms with Crippen LogP contribution in [-0.4, -0.2) is 26.9 Å². The van der Waals surface area contributed by atoms with Crippen LogP contribution in [0.5, 0.6) is 0 Å². The van der Waals surface area contributed by atoms with Crippen molar-refractivity contribution in [1.29, 1.82) is 0 Å². The van der Waals surface area contributed by atoms with Crippen LogP contribution in [0.2, 0.25) is 5.02 Å². The fourth-order valence-corrected chi connectivity index (χ4v) is 3.50. The molecular weight excluding hydrogens is 382 g/mol. The lowest BCUT2D eigenvalue weighted by atomic mass is 10.2. The number of allylic oxidation sites excluding steroid dienone is 1. The molecule has 3 rings (SSSR count). The van der Waals surface area contributed by atoms with Gasteiger partial charge in [0.25, 0.3) is 0 Å². The predicted octanol–water partition coefficient (Wildman–Crippen LogP) is 5.57. The molecule has 0 fully saturated rings. The topological polar surface area (TPSA) is 38.1 Å². The summed E-state index contributed by atoms with van der Waals surface area (Å²) >= 11 is 6.20. The lowest BCUT2D eigenvalue weighted by Gasteiger charge is -2.23. The van der Waals surface area contributed by atoms with E-state index in [1.54, 1.807) is 12.2 Å². The summed E-state index contributed by atoms with van der Waals surface area (Å²) in [5.74, 6) is 1.13. The van der Waals surface area contributed by atoms with E-state index in [4.69, 9.17) is 16.6 Å².